The van der Waals surface area contributed by atoms with Crippen molar-refractivity contribution in [2.75, 3.05) is 6.54 Å². The van der Waals surface area contributed by atoms with Gasteiger partial charge in [0, 0.05) is 18.1 Å². The molecule has 0 radical (unpaired) electrons. The van der Waals surface area contributed by atoms with Crippen LogP contribution in [0.2, 0.25) is 5.02 Å². The number of hydrogen-bond acceptors (Lipinski definition) is 5. The highest BCUT2D eigenvalue weighted by atomic mass is 35.5. The minimum absolute atomic E-state index is 0.237. The molecule has 3 amide bonds. The summed E-state index contributed by atoms with van der Waals surface area (Å²) in [6.45, 7) is 7.69. The van der Waals surface area contributed by atoms with Crippen molar-refractivity contribution in [2.24, 2.45) is 0 Å². The van der Waals surface area contributed by atoms with Crippen LogP contribution >= 0.6 is 23.4 Å². The van der Waals surface area contributed by atoms with Crippen LogP contribution in [-0.2, 0) is 11.3 Å². The monoisotopic (exact) mass is 394 g/mol. The van der Waals surface area contributed by atoms with Crippen molar-refractivity contribution in [3.63, 3.8) is 0 Å². The molecule has 0 saturated heterocycles. The van der Waals surface area contributed by atoms with E-state index in [4.69, 9.17) is 11.6 Å². The van der Waals surface area contributed by atoms with E-state index in [0.29, 0.717) is 27.6 Å². The first kappa shape index (κ1) is 20.0. The topological polar surface area (TPSA) is 93.1 Å². The predicted octanol–water partition coefficient (Wildman–Crippen LogP) is 2.56. The Morgan fingerprint density at radius 2 is 2.19 bits per heavy atom. The number of fused-ring (bicyclic) bond motifs is 1. The summed E-state index contributed by atoms with van der Waals surface area (Å²) in [7, 11) is 0. The first-order chi connectivity index (χ1) is 12.4. The number of nitrogens with zero attached hydrogens (tertiary/aromatic N) is 2. The van der Waals surface area contributed by atoms with E-state index in [0.717, 1.165) is 11.8 Å². The second kappa shape index (κ2) is 8.86. The quantitative estimate of drug-likeness (QED) is 0.446. The number of rotatable bonds is 6. The van der Waals surface area contributed by atoms with Gasteiger partial charge in [0.1, 0.15) is 0 Å². The van der Waals surface area contributed by atoms with Gasteiger partial charge in [-0.1, -0.05) is 29.4 Å². The maximum Gasteiger partial charge on any atom is 0.321 e. The summed E-state index contributed by atoms with van der Waals surface area (Å²) < 4.78 is 1.42. The number of nitrogens with one attached hydrogen (secondary N) is 2. The van der Waals surface area contributed by atoms with E-state index in [1.165, 1.54) is 4.57 Å². The zero-order chi connectivity index (χ0) is 19.3. The molecule has 1 atom stereocenters. The van der Waals surface area contributed by atoms with Crippen LogP contribution in [0.5, 0.6) is 0 Å². The number of halogens is 1. The van der Waals surface area contributed by atoms with Gasteiger partial charge in [-0.3, -0.25) is 19.5 Å². The molecule has 0 aliphatic rings. The lowest BCUT2D eigenvalue weighted by Crippen LogP contribution is -2.42. The fourth-order valence-corrected chi connectivity index (χ4v) is 3.27. The summed E-state index contributed by atoms with van der Waals surface area (Å²) in [6, 6.07) is 4.30. The molecule has 0 fully saturated rings. The fraction of sp³-hybridized carbons (Fsp3) is 0.294. The second-order valence-corrected chi connectivity index (χ2v) is 7.11. The average molecular weight is 395 g/mol. The van der Waals surface area contributed by atoms with Crippen LogP contribution < -0.4 is 16.2 Å². The summed E-state index contributed by atoms with van der Waals surface area (Å²) in [5.74, 6) is -0.475. The highest BCUT2D eigenvalue weighted by Gasteiger charge is 2.20. The molecule has 0 saturated carbocycles. The van der Waals surface area contributed by atoms with Gasteiger partial charge in [-0.05, 0) is 32.0 Å². The van der Waals surface area contributed by atoms with Gasteiger partial charge in [0.2, 0.25) is 5.91 Å². The largest absolute Gasteiger partial charge is 0.338 e. The van der Waals surface area contributed by atoms with E-state index in [9.17, 15) is 14.4 Å². The molecule has 26 heavy (non-hydrogen) atoms. The van der Waals surface area contributed by atoms with Crippen molar-refractivity contribution in [3.8, 4) is 0 Å². The van der Waals surface area contributed by atoms with Crippen LogP contribution in [0.4, 0.5) is 4.79 Å². The van der Waals surface area contributed by atoms with Crippen molar-refractivity contribution in [2.45, 2.75) is 30.8 Å². The molecule has 0 unspecified atom stereocenters. The van der Waals surface area contributed by atoms with Crippen LogP contribution in [0.3, 0.4) is 0 Å². The van der Waals surface area contributed by atoms with Gasteiger partial charge >= 0.3 is 6.03 Å². The van der Waals surface area contributed by atoms with Gasteiger partial charge in [-0.2, -0.15) is 0 Å². The van der Waals surface area contributed by atoms with Gasteiger partial charge < -0.3 is 5.32 Å². The van der Waals surface area contributed by atoms with Crippen LogP contribution in [0.25, 0.3) is 10.9 Å². The third-order valence-corrected chi connectivity index (χ3v) is 4.74. The standard InChI is InChI=1S/C17H19ClN4O3S/c1-4-8-22-15(24)12-9-11(18)6-7-13(12)20-17(22)26-10(3)14(23)21-16(25)19-5-2/h4,6-7,9-10H,1,5,8H2,2-3H3,(H2,19,21,23,25)/t10-/m1/s1. The Labute approximate surface area is 159 Å². The van der Waals surface area contributed by atoms with E-state index < -0.39 is 17.2 Å². The summed E-state index contributed by atoms with van der Waals surface area (Å²) >= 11 is 7.06. The molecule has 0 aliphatic carbocycles. The number of amides is 3. The summed E-state index contributed by atoms with van der Waals surface area (Å²) in [6.07, 6.45) is 1.57. The SMILES string of the molecule is C=CCn1c(S[C@H](C)C(=O)NC(=O)NCC)nc2ccc(Cl)cc2c1=O. The Kier molecular flexibility index (Phi) is 6.82. The minimum Gasteiger partial charge on any atom is -0.338 e. The zero-order valence-electron chi connectivity index (χ0n) is 14.4. The van der Waals surface area contributed by atoms with E-state index >= 15 is 0 Å². The fourth-order valence-electron chi connectivity index (χ4n) is 2.18. The van der Waals surface area contributed by atoms with Crippen LogP contribution in [0.1, 0.15) is 13.8 Å². The molecule has 0 spiro atoms. The summed E-state index contributed by atoms with van der Waals surface area (Å²) in [5.41, 5.74) is 0.217. The number of hydrogen-bond donors (Lipinski definition) is 2. The van der Waals surface area contributed by atoms with Gasteiger partial charge in [0.05, 0.1) is 16.2 Å². The third kappa shape index (κ3) is 4.64. The lowest BCUT2D eigenvalue weighted by molar-refractivity contribution is -0.119. The molecule has 2 rings (SSSR count). The van der Waals surface area contributed by atoms with Crippen LogP contribution in [0, 0.1) is 0 Å². The number of urea groups is 1. The molecule has 0 aliphatic heterocycles. The maximum absolute atomic E-state index is 12.7. The lowest BCUT2D eigenvalue weighted by atomic mass is 10.2. The third-order valence-electron chi connectivity index (χ3n) is 3.42. The van der Waals surface area contributed by atoms with Crippen LogP contribution in [-0.4, -0.2) is 33.3 Å². The Morgan fingerprint density at radius 1 is 1.46 bits per heavy atom. The van der Waals surface area contributed by atoms with Gasteiger partial charge in [0.15, 0.2) is 5.16 Å². The number of imide groups is 1. The lowest BCUT2D eigenvalue weighted by Gasteiger charge is -2.15. The predicted molar refractivity (Wildman–Crippen MR) is 104 cm³/mol. The van der Waals surface area contributed by atoms with Gasteiger partial charge in [0.25, 0.3) is 5.56 Å². The number of carbonyl (C=O) groups is 2. The Morgan fingerprint density at radius 3 is 2.85 bits per heavy atom. The molecule has 0 bridgehead atoms. The summed E-state index contributed by atoms with van der Waals surface area (Å²) in [5, 5.41) is 5.30. The molecule has 7 nitrogen and oxygen atoms in total. The van der Waals surface area contributed by atoms with E-state index in [1.807, 2.05) is 0 Å². The molecule has 1 heterocycles. The zero-order valence-corrected chi connectivity index (χ0v) is 16.0. The number of benzene rings is 1. The molecule has 1 aromatic heterocycles. The number of thioether (sulfide) groups is 1. The number of allylic oxidation sites excluding steroid dienone is 1. The van der Waals surface area contributed by atoms with Gasteiger partial charge in [-0.25, -0.2) is 9.78 Å². The van der Waals surface area contributed by atoms with Crippen molar-refractivity contribution in [1.82, 2.24) is 20.2 Å². The Balaban J connectivity index is 2.35. The first-order valence-electron chi connectivity index (χ1n) is 7.93. The highest BCUT2D eigenvalue weighted by molar-refractivity contribution is 8.00. The van der Waals surface area contributed by atoms with Crippen molar-refractivity contribution in [1.29, 1.82) is 0 Å². The van der Waals surface area contributed by atoms with Crippen LogP contribution in [0.15, 0.2) is 40.8 Å². The van der Waals surface area contributed by atoms with E-state index in [-0.39, 0.29) is 12.1 Å². The summed E-state index contributed by atoms with van der Waals surface area (Å²) in [4.78, 5) is 40.9. The minimum atomic E-state index is -0.634. The van der Waals surface area contributed by atoms with Gasteiger partial charge in [-0.15, -0.1) is 6.58 Å². The van der Waals surface area contributed by atoms with Crippen molar-refractivity contribution >= 4 is 46.2 Å². The molecule has 2 N–H and O–H groups in total. The molecule has 1 aromatic carbocycles. The van der Waals surface area contributed by atoms with Crippen molar-refractivity contribution in [3.05, 3.63) is 46.2 Å². The Hall–Kier alpha value is -2.32. The Bertz CT molecular complexity index is 913. The molecule has 138 valence electrons. The molecular formula is C17H19ClN4O3S. The van der Waals surface area contributed by atoms with E-state index in [1.54, 1.807) is 38.1 Å². The maximum atomic E-state index is 12.7. The van der Waals surface area contributed by atoms with E-state index in [2.05, 4.69) is 22.2 Å². The number of aromatic nitrogens is 2. The van der Waals surface area contributed by atoms with Crippen molar-refractivity contribution < 1.29 is 9.59 Å². The average Bonchev–Trinajstić information content (AvgIpc) is 2.59. The number of carbonyl (C=O) groups excluding carboxylic acids is 2. The second-order valence-electron chi connectivity index (χ2n) is 5.37. The molecule has 2 aromatic rings. The molecule has 9 heteroatoms. The highest BCUT2D eigenvalue weighted by Crippen LogP contribution is 2.23. The normalized spacial score (nSPS) is 11.8. The smallest absolute Gasteiger partial charge is 0.321 e. The first-order valence-corrected chi connectivity index (χ1v) is 9.19. The molecular weight excluding hydrogens is 376 g/mol.